The topological polar surface area (TPSA) is 69.5 Å². The van der Waals surface area contributed by atoms with Gasteiger partial charge in [-0.1, -0.05) is 35.5 Å². The number of methoxy groups -OCH3 is 1. The van der Waals surface area contributed by atoms with Crippen LogP contribution in [-0.2, 0) is 18.9 Å². The van der Waals surface area contributed by atoms with Crippen molar-refractivity contribution in [3.63, 3.8) is 0 Å². The minimum absolute atomic E-state index is 0.351. The Balaban J connectivity index is 1.91. The van der Waals surface area contributed by atoms with E-state index in [-0.39, 0.29) is 12.2 Å². The van der Waals surface area contributed by atoms with Gasteiger partial charge in [-0.05, 0) is 13.8 Å². The molecule has 114 valence electrons. The maximum absolute atomic E-state index is 9.42. The second-order valence-electron chi connectivity index (χ2n) is 5.58. The molecular weight excluding hydrogens is 274 g/mol. The Morgan fingerprint density at radius 2 is 1.86 bits per heavy atom. The number of oxime groups is 1. The van der Waals surface area contributed by atoms with Crippen molar-refractivity contribution in [2.24, 2.45) is 5.16 Å². The number of fused-ring (bicyclic) bond motifs is 1. The molecule has 1 unspecified atom stereocenters. The van der Waals surface area contributed by atoms with E-state index in [1.165, 1.54) is 0 Å². The third-order valence-corrected chi connectivity index (χ3v) is 3.69. The molecule has 21 heavy (non-hydrogen) atoms. The van der Waals surface area contributed by atoms with Crippen LogP contribution in [0.15, 0.2) is 35.5 Å². The fourth-order valence-electron chi connectivity index (χ4n) is 2.86. The SMILES string of the molecule is COC1O[C@H](/C(=N/O)c2ccccc2)[C@H]2OC(C)(C)O[C@@H]12. The molecule has 4 atom stereocenters. The summed E-state index contributed by atoms with van der Waals surface area (Å²) in [6, 6.07) is 9.35. The molecular formula is C15H19NO5. The number of hydrogen-bond acceptors (Lipinski definition) is 6. The Bertz CT molecular complexity index is 530. The summed E-state index contributed by atoms with van der Waals surface area (Å²) >= 11 is 0. The molecule has 2 saturated heterocycles. The molecule has 2 heterocycles. The molecule has 1 N–H and O–H groups in total. The van der Waals surface area contributed by atoms with Crippen LogP contribution in [0.4, 0.5) is 0 Å². The second-order valence-corrected chi connectivity index (χ2v) is 5.58. The lowest BCUT2D eigenvalue weighted by molar-refractivity contribution is -0.219. The second kappa shape index (κ2) is 5.38. The van der Waals surface area contributed by atoms with Crippen LogP contribution in [0.25, 0.3) is 0 Å². The van der Waals surface area contributed by atoms with Crippen molar-refractivity contribution in [1.29, 1.82) is 0 Å². The van der Waals surface area contributed by atoms with Crippen molar-refractivity contribution in [1.82, 2.24) is 0 Å². The van der Waals surface area contributed by atoms with E-state index >= 15 is 0 Å². The fourth-order valence-corrected chi connectivity index (χ4v) is 2.86. The van der Waals surface area contributed by atoms with Gasteiger partial charge < -0.3 is 24.2 Å². The Morgan fingerprint density at radius 1 is 1.19 bits per heavy atom. The monoisotopic (exact) mass is 293 g/mol. The van der Waals surface area contributed by atoms with Crippen molar-refractivity contribution < 1.29 is 24.2 Å². The molecule has 0 aromatic heterocycles. The lowest BCUT2D eigenvalue weighted by Crippen LogP contribution is -2.36. The van der Waals surface area contributed by atoms with Crippen LogP contribution in [0.5, 0.6) is 0 Å². The lowest BCUT2D eigenvalue weighted by Gasteiger charge is -2.24. The molecule has 0 aliphatic carbocycles. The van der Waals surface area contributed by atoms with Crippen molar-refractivity contribution >= 4 is 5.71 Å². The van der Waals surface area contributed by atoms with Crippen LogP contribution >= 0.6 is 0 Å². The average molecular weight is 293 g/mol. The van der Waals surface area contributed by atoms with E-state index in [0.29, 0.717) is 5.71 Å². The summed E-state index contributed by atoms with van der Waals surface area (Å²) in [4.78, 5) is 0. The van der Waals surface area contributed by atoms with Crippen molar-refractivity contribution in [3.8, 4) is 0 Å². The van der Waals surface area contributed by atoms with Gasteiger partial charge in [-0.25, -0.2) is 0 Å². The van der Waals surface area contributed by atoms with E-state index in [2.05, 4.69) is 5.16 Å². The molecule has 0 amide bonds. The molecule has 0 spiro atoms. The average Bonchev–Trinajstić information content (AvgIpc) is 2.95. The maximum Gasteiger partial charge on any atom is 0.187 e. The predicted octanol–water partition coefficient (Wildman–Crippen LogP) is 1.76. The summed E-state index contributed by atoms with van der Waals surface area (Å²) in [5.41, 5.74) is 1.18. The smallest absolute Gasteiger partial charge is 0.187 e. The van der Waals surface area contributed by atoms with Crippen molar-refractivity contribution in [2.75, 3.05) is 7.11 Å². The zero-order chi connectivity index (χ0) is 15.0. The van der Waals surface area contributed by atoms with Gasteiger partial charge in [0.15, 0.2) is 12.1 Å². The number of ether oxygens (including phenoxy) is 4. The van der Waals surface area contributed by atoms with Crippen molar-refractivity contribution in [3.05, 3.63) is 35.9 Å². The standard InChI is InChI=1S/C15H19NO5/c1-15(2)20-12-11(19-14(18-3)13(12)21-15)10(16-17)9-7-5-4-6-8-9/h4-8,11-14,17H,1-3H3/b16-10+/t11-,12-,13-,14?/m1/s1. The highest BCUT2D eigenvalue weighted by Crippen LogP contribution is 2.40. The first-order valence-corrected chi connectivity index (χ1v) is 6.87. The first-order chi connectivity index (χ1) is 10.1. The van der Waals surface area contributed by atoms with Gasteiger partial charge in [0, 0.05) is 12.7 Å². The first kappa shape index (κ1) is 14.5. The van der Waals surface area contributed by atoms with Crippen LogP contribution < -0.4 is 0 Å². The quantitative estimate of drug-likeness (QED) is 0.522. The first-order valence-electron chi connectivity index (χ1n) is 6.87. The molecule has 6 nitrogen and oxygen atoms in total. The molecule has 1 aromatic carbocycles. The summed E-state index contributed by atoms with van der Waals surface area (Å²) in [6.45, 7) is 3.68. The van der Waals surface area contributed by atoms with Crippen LogP contribution in [0.2, 0.25) is 0 Å². The molecule has 6 heteroatoms. The summed E-state index contributed by atoms with van der Waals surface area (Å²) in [6.07, 6.45) is -1.83. The zero-order valence-corrected chi connectivity index (χ0v) is 12.2. The Kier molecular flexibility index (Phi) is 3.71. The highest BCUT2D eigenvalue weighted by atomic mass is 16.8. The van der Waals surface area contributed by atoms with E-state index in [4.69, 9.17) is 18.9 Å². The number of benzene rings is 1. The molecule has 2 fully saturated rings. The van der Waals surface area contributed by atoms with Crippen molar-refractivity contribution in [2.45, 2.75) is 44.2 Å². The van der Waals surface area contributed by atoms with Gasteiger partial charge in [0.1, 0.15) is 24.0 Å². The van der Waals surface area contributed by atoms with Gasteiger partial charge in [0.2, 0.25) is 0 Å². The number of hydrogen-bond donors (Lipinski definition) is 1. The lowest BCUT2D eigenvalue weighted by atomic mass is 10.0. The highest BCUT2D eigenvalue weighted by Gasteiger charge is 2.57. The Morgan fingerprint density at radius 3 is 2.48 bits per heavy atom. The third kappa shape index (κ3) is 2.55. The predicted molar refractivity (Wildman–Crippen MR) is 74.3 cm³/mol. The van der Waals surface area contributed by atoms with E-state index in [1.807, 2.05) is 44.2 Å². The van der Waals surface area contributed by atoms with Gasteiger partial charge in [-0.2, -0.15) is 0 Å². The minimum Gasteiger partial charge on any atom is -0.411 e. The molecule has 0 radical (unpaired) electrons. The number of nitrogens with zero attached hydrogens (tertiary/aromatic N) is 1. The van der Waals surface area contributed by atoms with Gasteiger partial charge in [0.05, 0.1) is 0 Å². The van der Waals surface area contributed by atoms with Gasteiger partial charge >= 0.3 is 0 Å². The summed E-state index contributed by atoms with van der Waals surface area (Å²) in [5.74, 6) is -0.717. The van der Waals surface area contributed by atoms with Gasteiger partial charge in [-0.3, -0.25) is 0 Å². The van der Waals surface area contributed by atoms with Crippen LogP contribution in [0.3, 0.4) is 0 Å². The molecule has 0 saturated carbocycles. The molecule has 3 rings (SSSR count). The third-order valence-electron chi connectivity index (χ3n) is 3.69. The summed E-state index contributed by atoms with van der Waals surface area (Å²) in [5, 5.41) is 12.8. The fraction of sp³-hybridized carbons (Fsp3) is 0.533. The molecule has 2 aliphatic rings. The van der Waals surface area contributed by atoms with Crippen LogP contribution in [0.1, 0.15) is 19.4 Å². The maximum atomic E-state index is 9.42. The highest BCUT2D eigenvalue weighted by molar-refractivity contribution is 6.04. The van der Waals surface area contributed by atoms with E-state index < -0.39 is 18.2 Å². The minimum atomic E-state index is -0.717. The number of rotatable bonds is 3. The van der Waals surface area contributed by atoms with E-state index in [1.54, 1.807) is 7.11 Å². The zero-order valence-electron chi connectivity index (χ0n) is 12.2. The van der Waals surface area contributed by atoms with E-state index in [0.717, 1.165) is 5.56 Å². The normalized spacial score (nSPS) is 34.9. The van der Waals surface area contributed by atoms with Gasteiger partial charge in [-0.15, -0.1) is 0 Å². The molecule has 0 bridgehead atoms. The largest absolute Gasteiger partial charge is 0.411 e. The summed E-state index contributed by atoms with van der Waals surface area (Å²) < 4.78 is 22.9. The Labute approximate surface area is 123 Å². The van der Waals surface area contributed by atoms with Crippen LogP contribution in [0, 0.1) is 0 Å². The molecule has 1 aromatic rings. The van der Waals surface area contributed by atoms with Crippen LogP contribution in [-0.4, -0.2) is 48.4 Å². The molecule has 2 aliphatic heterocycles. The Hall–Kier alpha value is -1.47. The van der Waals surface area contributed by atoms with Gasteiger partial charge in [0.25, 0.3) is 0 Å². The van der Waals surface area contributed by atoms with E-state index in [9.17, 15) is 5.21 Å². The summed E-state index contributed by atoms with van der Waals surface area (Å²) in [7, 11) is 1.55.